The first kappa shape index (κ1) is 21.6. The van der Waals surface area contributed by atoms with Gasteiger partial charge in [0.1, 0.15) is 18.2 Å². The molecule has 1 amide bonds. The van der Waals surface area contributed by atoms with Crippen molar-refractivity contribution in [1.29, 1.82) is 0 Å². The van der Waals surface area contributed by atoms with Crippen LogP contribution in [0.5, 0.6) is 5.75 Å². The van der Waals surface area contributed by atoms with Crippen molar-refractivity contribution in [2.45, 2.75) is 37.3 Å². The normalized spacial score (nSPS) is 25.0. The summed E-state index contributed by atoms with van der Waals surface area (Å²) >= 11 is 0. The lowest BCUT2D eigenvalue weighted by Crippen LogP contribution is -2.31. The molecule has 2 aliphatic heterocycles. The quantitative estimate of drug-likeness (QED) is 0.494. The first-order valence-corrected chi connectivity index (χ1v) is 10.9. The summed E-state index contributed by atoms with van der Waals surface area (Å²) in [6, 6.07) is 7.11. The molecule has 4 atom stereocenters. The maximum Gasteiger partial charge on any atom is 0.253 e. The van der Waals surface area contributed by atoms with E-state index in [0.717, 1.165) is 6.42 Å². The number of imidazole rings is 1. The Morgan fingerprint density at radius 3 is 2.82 bits per heavy atom. The second-order valence-corrected chi connectivity index (χ2v) is 8.29. The van der Waals surface area contributed by atoms with Gasteiger partial charge in [0.05, 0.1) is 26.1 Å². The molecule has 4 heterocycles. The largest absolute Gasteiger partial charge is 0.497 e. The van der Waals surface area contributed by atoms with Crippen LogP contribution < -0.4 is 10.1 Å². The van der Waals surface area contributed by atoms with Crippen LogP contribution in [-0.4, -0.2) is 85.6 Å². The number of aliphatic hydroxyl groups is 2. The number of benzene rings is 1. The zero-order chi connectivity index (χ0) is 22.9. The van der Waals surface area contributed by atoms with Gasteiger partial charge < -0.3 is 29.9 Å². The topological polar surface area (TPSA) is 135 Å². The Bertz CT molecular complexity index is 1140. The van der Waals surface area contributed by atoms with Crippen LogP contribution in [0.2, 0.25) is 0 Å². The third kappa shape index (κ3) is 4.10. The molecule has 2 aromatic heterocycles. The van der Waals surface area contributed by atoms with Crippen molar-refractivity contribution in [2.75, 3.05) is 32.1 Å². The number of carbonyl (C=O) groups excluding carboxylic acids is 1. The van der Waals surface area contributed by atoms with Gasteiger partial charge in [0, 0.05) is 31.1 Å². The van der Waals surface area contributed by atoms with E-state index >= 15 is 0 Å². The van der Waals surface area contributed by atoms with Gasteiger partial charge in [0.25, 0.3) is 5.91 Å². The summed E-state index contributed by atoms with van der Waals surface area (Å²) < 4.78 is 12.6. The summed E-state index contributed by atoms with van der Waals surface area (Å²) in [6.45, 7) is 1.02. The Morgan fingerprint density at radius 2 is 2.09 bits per heavy atom. The van der Waals surface area contributed by atoms with Gasteiger partial charge in [-0.25, -0.2) is 15.0 Å². The fourth-order valence-corrected chi connectivity index (χ4v) is 4.41. The zero-order valence-electron chi connectivity index (χ0n) is 18.2. The summed E-state index contributed by atoms with van der Waals surface area (Å²) in [4.78, 5) is 27.8. The van der Waals surface area contributed by atoms with Gasteiger partial charge in [0.15, 0.2) is 23.2 Å². The monoisotopic (exact) mass is 454 g/mol. The molecule has 3 aromatic rings. The highest BCUT2D eigenvalue weighted by Gasteiger charge is 2.36. The summed E-state index contributed by atoms with van der Waals surface area (Å²) in [6.07, 6.45) is 2.26. The minimum atomic E-state index is -0.765. The van der Waals surface area contributed by atoms with E-state index in [1.165, 1.54) is 6.33 Å². The van der Waals surface area contributed by atoms with Gasteiger partial charge >= 0.3 is 0 Å². The average Bonchev–Trinajstić information content (AvgIpc) is 3.57. The summed E-state index contributed by atoms with van der Waals surface area (Å²) in [5.74, 6) is 1.25. The van der Waals surface area contributed by atoms with Crippen LogP contribution in [0.4, 0.5) is 5.82 Å². The SMILES string of the molecule is COc1ccc(C(=O)N2CCC(Nc3ncnc4c3ncn4[C@@H]3O[C@H](CO)C[C@H]3O)C2)cc1. The van der Waals surface area contributed by atoms with Gasteiger partial charge in [-0.3, -0.25) is 9.36 Å². The van der Waals surface area contributed by atoms with Gasteiger partial charge in [-0.1, -0.05) is 0 Å². The molecule has 174 valence electrons. The molecule has 0 spiro atoms. The van der Waals surface area contributed by atoms with Crippen LogP contribution in [-0.2, 0) is 4.74 Å². The molecular weight excluding hydrogens is 428 g/mol. The minimum absolute atomic E-state index is 0.0162. The first-order valence-electron chi connectivity index (χ1n) is 10.9. The van der Waals surface area contributed by atoms with Crippen molar-refractivity contribution in [1.82, 2.24) is 24.4 Å². The molecule has 0 bridgehead atoms. The Balaban J connectivity index is 1.29. The number of hydrogen-bond acceptors (Lipinski definition) is 9. The lowest BCUT2D eigenvalue weighted by Gasteiger charge is -2.18. The smallest absolute Gasteiger partial charge is 0.253 e. The number of amides is 1. The maximum atomic E-state index is 12.8. The van der Waals surface area contributed by atoms with E-state index < -0.39 is 18.4 Å². The Kier molecular flexibility index (Phi) is 5.83. The Hall–Kier alpha value is -3.28. The molecule has 1 unspecified atom stereocenters. The Labute approximate surface area is 190 Å². The minimum Gasteiger partial charge on any atom is -0.497 e. The van der Waals surface area contributed by atoms with E-state index in [9.17, 15) is 15.0 Å². The van der Waals surface area contributed by atoms with E-state index in [-0.39, 0.29) is 18.6 Å². The van der Waals surface area contributed by atoms with E-state index in [2.05, 4.69) is 20.3 Å². The number of nitrogens with zero attached hydrogens (tertiary/aromatic N) is 5. The predicted octanol–water partition coefficient (Wildman–Crippen LogP) is 0.802. The molecule has 3 N–H and O–H groups in total. The van der Waals surface area contributed by atoms with E-state index in [1.807, 2.05) is 4.90 Å². The Morgan fingerprint density at radius 1 is 1.27 bits per heavy atom. The summed E-state index contributed by atoms with van der Waals surface area (Å²) in [5.41, 5.74) is 1.70. The number of anilines is 1. The van der Waals surface area contributed by atoms with Crippen LogP contribution in [0.25, 0.3) is 11.2 Å². The van der Waals surface area contributed by atoms with Crippen molar-refractivity contribution < 1.29 is 24.5 Å². The average molecular weight is 454 g/mol. The van der Waals surface area contributed by atoms with Crippen LogP contribution >= 0.6 is 0 Å². The van der Waals surface area contributed by atoms with Gasteiger partial charge in [-0.15, -0.1) is 0 Å². The van der Waals surface area contributed by atoms with Crippen LogP contribution in [0.1, 0.15) is 29.4 Å². The standard InChI is InChI=1S/C22H26N6O5/c1-32-15-4-2-13(3-5-15)21(31)27-7-6-14(9-27)26-19-18-20(24-11-23-19)28(12-25-18)22-17(30)8-16(10-29)33-22/h2-5,11-12,14,16-17,22,29-30H,6-10H2,1H3,(H,23,24,26)/t14?,16-,17+,22+/m0/s1. The molecule has 2 fully saturated rings. The summed E-state index contributed by atoms with van der Waals surface area (Å²) in [5, 5.41) is 23.1. The van der Waals surface area contributed by atoms with Crippen molar-refractivity contribution in [3.05, 3.63) is 42.5 Å². The molecule has 11 nitrogen and oxygen atoms in total. The van der Waals surface area contributed by atoms with E-state index in [0.29, 0.717) is 47.8 Å². The third-order valence-corrected chi connectivity index (χ3v) is 6.16. The molecule has 0 radical (unpaired) electrons. The molecule has 1 aromatic carbocycles. The zero-order valence-corrected chi connectivity index (χ0v) is 18.2. The second-order valence-electron chi connectivity index (χ2n) is 8.29. The molecule has 0 aliphatic carbocycles. The number of carbonyl (C=O) groups is 1. The number of rotatable bonds is 6. The molecular formula is C22H26N6O5. The number of nitrogens with one attached hydrogen (secondary N) is 1. The molecule has 2 saturated heterocycles. The maximum absolute atomic E-state index is 12.8. The van der Waals surface area contributed by atoms with Gasteiger partial charge in [-0.05, 0) is 30.7 Å². The number of methoxy groups -OCH3 is 1. The predicted molar refractivity (Wildman–Crippen MR) is 118 cm³/mol. The molecule has 11 heteroatoms. The second kappa shape index (κ2) is 8.93. The molecule has 0 saturated carbocycles. The van der Waals surface area contributed by atoms with Crippen LogP contribution in [0.3, 0.4) is 0 Å². The van der Waals surface area contributed by atoms with E-state index in [1.54, 1.807) is 42.3 Å². The number of aliphatic hydroxyl groups excluding tert-OH is 2. The highest BCUT2D eigenvalue weighted by Crippen LogP contribution is 2.32. The fraction of sp³-hybridized carbons (Fsp3) is 0.455. The van der Waals surface area contributed by atoms with Crippen LogP contribution in [0.15, 0.2) is 36.9 Å². The highest BCUT2D eigenvalue weighted by atomic mass is 16.5. The number of hydrogen-bond donors (Lipinski definition) is 3. The molecule has 33 heavy (non-hydrogen) atoms. The summed E-state index contributed by atoms with van der Waals surface area (Å²) in [7, 11) is 1.59. The number of ether oxygens (including phenoxy) is 2. The lowest BCUT2D eigenvalue weighted by molar-refractivity contribution is -0.0486. The van der Waals surface area contributed by atoms with E-state index in [4.69, 9.17) is 9.47 Å². The molecule has 5 rings (SSSR count). The number of aromatic nitrogens is 4. The van der Waals surface area contributed by atoms with Crippen molar-refractivity contribution in [3.63, 3.8) is 0 Å². The third-order valence-electron chi connectivity index (χ3n) is 6.16. The highest BCUT2D eigenvalue weighted by molar-refractivity contribution is 5.94. The fourth-order valence-electron chi connectivity index (χ4n) is 4.41. The number of likely N-dealkylation sites (tertiary alicyclic amines) is 1. The van der Waals surface area contributed by atoms with Crippen LogP contribution in [0, 0.1) is 0 Å². The molecule has 2 aliphatic rings. The van der Waals surface area contributed by atoms with Gasteiger partial charge in [0.2, 0.25) is 0 Å². The first-order chi connectivity index (χ1) is 16.1. The number of fused-ring (bicyclic) bond motifs is 1. The van der Waals surface area contributed by atoms with Crippen molar-refractivity contribution >= 4 is 22.9 Å². The van der Waals surface area contributed by atoms with Crippen molar-refractivity contribution in [3.8, 4) is 5.75 Å². The van der Waals surface area contributed by atoms with Crippen molar-refractivity contribution in [2.24, 2.45) is 0 Å². The van der Waals surface area contributed by atoms with Gasteiger partial charge in [-0.2, -0.15) is 0 Å². The lowest BCUT2D eigenvalue weighted by atomic mass is 10.2.